The Morgan fingerprint density at radius 1 is 1.33 bits per heavy atom. The Labute approximate surface area is 128 Å². The first-order chi connectivity index (χ1) is 10.0. The number of nitrogens with zero attached hydrogens (tertiary/aromatic N) is 4. The lowest BCUT2D eigenvalue weighted by Gasteiger charge is -2.37. The van der Waals surface area contributed by atoms with Gasteiger partial charge in [0.15, 0.2) is 0 Å². The second-order valence-electron chi connectivity index (χ2n) is 6.43. The molecule has 5 heteroatoms. The lowest BCUT2D eigenvalue weighted by atomic mass is 10.0. The largest absolute Gasteiger partial charge is 0.369 e. The molecule has 1 N–H and O–H groups in total. The van der Waals surface area contributed by atoms with Crippen molar-refractivity contribution in [1.29, 1.82) is 0 Å². The van der Waals surface area contributed by atoms with Crippen LogP contribution in [0.25, 0.3) is 0 Å². The van der Waals surface area contributed by atoms with Gasteiger partial charge in [0.05, 0.1) is 17.6 Å². The van der Waals surface area contributed by atoms with Crippen molar-refractivity contribution >= 4 is 5.69 Å². The van der Waals surface area contributed by atoms with Crippen LogP contribution in [0.5, 0.6) is 0 Å². The molecular formula is C16H29N5. The zero-order valence-corrected chi connectivity index (χ0v) is 14.1. The number of nitrogens with one attached hydrogen (secondary N) is 1. The van der Waals surface area contributed by atoms with Crippen molar-refractivity contribution < 1.29 is 0 Å². The van der Waals surface area contributed by atoms with E-state index in [1.807, 2.05) is 13.2 Å². The van der Waals surface area contributed by atoms with Crippen molar-refractivity contribution in [2.75, 3.05) is 39.1 Å². The zero-order valence-electron chi connectivity index (χ0n) is 14.1. The number of hydrogen-bond donors (Lipinski definition) is 1. The molecule has 2 heterocycles. The maximum absolute atomic E-state index is 4.77. The third-order valence-corrected chi connectivity index (χ3v) is 4.26. The van der Waals surface area contributed by atoms with E-state index in [1.54, 1.807) is 0 Å². The Morgan fingerprint density at radius 3 is 2.52 bits per heavy atom. The first-order valence-corrected chi connectivity index (χ1v) is 7.94. The van der Waals surface area contributed by atoms with Crippen LogP contribution in [-0.4, -0.2) is 55.1 Å². The second-order valence-corrected chi connectivity index (χ2v) is 6.43. The van der Waals surface area contributed by atoms with E-state index in [2.05, 4.69) is 48.0 Å². The van der Waals surface area contributed by atoms with Crippen LogP contribution in [-0.2, 0) is 6.54 Å². The van der Waals surface area contributed by atoms with Crippen molar-refractivity contribution in [3.05, 3.63) is 17.7 Å². The van der Waals surface area contributed by atoms with Crippen LogP contribution in [0.2, 0.25) is 0 Å². The van der Waals surface area contributed by atoms with Crippen LogP contribution < -0.4 is 10.2 Å². The molecule has 0 saturated carbocycles. The zero-order chi connectivity index (χ0) is 15.4. The molecule has 1 aromatic rings. The molecule has 1 aliphatic heterocycles. The fourth-order valence-corrected chi connectivity index (χ4v) is 2.89. The van der Waals surface area contributed by atoms with E-state index in [0.29, 0.717) is 12.0 Å². The summed E-state index contributed by atoms with van der Waals surface area (Å²) < 4.78 is 0. The standard InChI is InChI=1S/C16H29N5/c1-12(2)16-18-11-15(14(19-16)10-17-3)21-8-6-13(7-9-21)20(4)5/h11-13,17H,6-10H2,1-5H3. The maximum atomic E-state index is 4.77. The molecule has 1 aromatic heterocycles. The van der Waals surface area contributed by atoms with Crippen LogP contribution in [0.4, 0.5) is 5.69 Å². The highest BCUT2D eigenvalue weighted by molar-refractivity contribution is 5.49. The van der Waals surface area contributed by atoms with Crippen LogP contribution >= 0.6 is 0 Å². The first kappa shape index (κ1) is 16.2. The molecule has 1 aliphatic rings. The normalized spacial score (nSPS) is 17.0. The van der Waals surface area contributed by atoms with E-state index in [4.69, 9.17) is 4.98 Å². The van der Waals surface area contributed by atoms with E-state index in [-0.39, 0.29) is 0 Å². The number of anilines is 1. The van der Waals surface area contributed by atoms with Gasteiger partial charge in [0.2, 0.25) is 0 Å². The summed E-state index contributed by atoms with van der Waals surface area (Å²) in [6.45, 7) is 7.25. The summed E-state index contributed by atoms with van der Waals surface area (Å²) in [5.74, 6) is 1.31. The molecular weight excluding hydrogens is 262 g/mol. The average molecular weight is 291 g/mol. The molecule has 0 aromatic carbocycles. The van der Waals surface area contributed by atoms with Gasteiger partial charge in [0.25, 0.3) is 0 Å². The molecule has 0 aliphatic carbocycles. The molecule has 0 atom stereocenters. The van der Waals surface area contributed by atoms with Gasteiger partial charge >= 0.3 is 0 Å². The molecule has 0 radical (unpaired) electrons. The molecule has 0 bridgehead atoms. The summed E-state index contributed by atoms with van der Waals surface area (Å²) >= 11 is 0. The second kappa shape index (κ2) is 7.18. The lowest BCUT2D eigenvalue weighted by Crippen LogP contribution is -2.42. The monoisotopic (exact) mass is 291 g/mol. The Kier molecular flexibility index (Phi) is 5.53. The molecule has 0 unspecified atom stereocenters. The number of aromatic nitrogens is 2. The molecule has 2 rings (SSSR count). The minimum absolute atomic E-state index is 0.370. The van der Waals surface area contributed by atoms with Gasteiger partial charge in [0, 0.05) is 31.6 Å². The number of piperidine rings is 1. The Bertz CT molecular complexity index is 450. The maximum Gasteiger partial charge on any atom is 0.131 e. The highest BCUT2D eigenvalue weighted by Gasteiger charge is 2.23. The van der Waals surface area contributed by atoms with Crippen LogP contribution in [0.1, 0.15) is 44.1 Å². The van der Waals surface area contributed by atoms with Gasteiger partial charge < -0.3 is 15.1 Å². The van der Waals surface area contributed by atoms with Crippen LogP contribution in [0.15, 0.2) is 6.20 Å². The number of rotatable bonds is 5. The fraction of sp³-hybridized carbons (Fsp3) is 0.750. The first-order valence-electron chi connectivity index (χ1n) is 7.94. The fourth-order valence-electron chi connectivity index (χ4n) is 2.89. The summed E-state index contributed by atoms with van der Waals surface area (Å²) in [7, 11) is 6.32. The quantitative estimate of drug-likeness (QED) is 0.897. The lowest BCUT2D eigenvalue weighted by molar-refractivity contribution is 0.249. The van der Waals surface area contributed by atoms with Crippen molar-refractivity contribution in [3.63, 3.8) is 0 Å². The Hall–Kier alpha value is -1.20. The summed E-state index contributed by atoms with van der Waals surface area (Å²) in [6, 6.07) is 0.699. The van der Waals surface area contributed by atoms with Crippen molar-refractivity contribution in [2.24, 2.45) is 0 Å². The smallest absolute Gasteiger partial charge is 0.131 e. The minimum Gasteiger partial charge on any atom is -0.369 e. The van der Waals surface area contributed by atoms with Crippen LogP contribution in [0, 0.1) is 0 Å². The van der Waals surface area contributed by atoms with Gasteiger partial charge in [-0.3, -0.25) is 0 Å². The van der Waals surface area contributed by atoms with E-state index in [9.17, 15) is 0 Å². The van der Waals surface area contributed by atoms with Gasteiger partial charge in [-0.25, -0.2) is 9.97 Å². The summed E-state index contributed by atoms with van der Waals surface area (Å²) in [6.07, 6.45) is 4.43. The van der Waals surface area contributed by atoms with Crippen LogP contribution in [0.3, 0.4) is 0 Å². The van der Waals surface area contributed by atoms with E-state index in [1.165, 1.54) is 18.5 Å². The molecule has 1 fully saturated rings. The average Bonchev–Trinajstić information content (AvgIpc) is 2.47. The van der Waals surface area contributed by atoms with Crippen molar-refractivity contribution in [1.82, 2.24) is 20.2 Å². The van der Waals surface area contributed by atoms with Gasteiger partial charge in [-0.15, -0.1) is 0 Å². The van der Waals surface area contributed by atoms with E-state index < -0.39 is 0 Å². The molecule has 0 spiro atoms. The summed E-state index contributed by atoms with van der Waals surface area (Å²) in [5.41, 5.74) is 2.32. The number of hydrogen-bond acceptors (Lipinski definition) is 5. The van der Waals surface area contributed by atoms with Gasteiger partial charge in [-0.2, -0.15) is 0 Å². The van der Waals surface area contributed by atoms with Gasteiger partial charge in [-0.1, -0.05) is 13.8 Å². The highest BCUT2D eigenvalue weighted by atomic mass is 15.2. The van der Waals surface area contributed by atoms with Gasteiger partial charge in [-0.05, 0) is 34.0 Å². The molecule has 21 heavy (non-hydrogen) atoms. The van der Waals surface area contributed by atoms with Gasteiger partial charge in [0.1, 0.15) is 5.82 Å². The molecule has 5 nitrogen and oxygen atoms in total. The molecule has 118 valence electrons. The molecule has 0 amide bonds. The van der Waals surface area contributed by atoms with E-state index in [0.717, 1.165) is 31.2 Å². The third-order valence-electron chi connectivity index (χ3n) is 4.26. The topological polar surface area (TPSA) is 44.3 Å². The SMILES string of the molecule is CNCc1nc(C(C)C)ncc1N1CCC(N(C)C)CC1. The van der Waals surface area contributed by atoms with Crippen molar-refractivity contribution in [3.8, 4) is 0 Å². The Morgan fingerprint density at radius 2 is 2.00 bits per heavy atom. The minimum atomic E-state index is 0.370. The van der Waals surface area contributed by atoms with E-state index >= 15 is 0 Å². The molecule has 1 saturated heterocycles. The predicted octanol–water partition coefficient (Wildman–Crippen LogP) is 1.85. The summed E-state index contributed by atoms with van der Waals surface area (Å²) in [5, 5.41) is 3.23. The highest BCUT2D eigenvalue weighted by Crippen LogP contribution is 2.25. The third kappa shape index (κ3) is 3.92. The van der Waals surface area contributed by atoms with Crippen molar-refractivity contribution in [2.45, 2.75) is 45.2 Å². The predicted molar refractivity (Wildman–Crippen MR) is 87.8 cm³/mol. The summed E-state index contributed by atoms with van der Waals surface area (Å²) in [4.78, 5) is 14.1. The Balaban J connectivity index is 2.15.